The van der Waals surface area contributed by atoms with Crippen LogP contribution in [0.5, 0.6) is 0 Å². The number of aryl methyl sites for hydroxylation is 1. The Kier molecular flexibility index (Phi) is 4.87. The first-order valence-corrected chi connectivity index (χ1v) is 6.85. The Morgan fingerprint density at radius 2 is 1.95 bits per heavy atom. The first-order valence-electron chi connectivity index (χ1n) is 6.85. The molecule has 1 aliphatic heterocycles. The van der Waals surface area contributed by atoms with Gasteiger partial charge in [-0.25, -0.2) is 0 Å². The molecule has 0 bridgehead atoms. The van der Waals surface area contributed by atoms with E-state index in [-0.39, 0.29) is 5.57 Å². The molecule has 0 radical (unpaired) electrons. The number of benzene rings is 1. The van der Waals surface area contributed by atoms with E-state index < -0.39 is 0 Å². The van der Waals surface area contributed by atoms with Crippen LogP contribution in [0.25, 0.3) is 10.4 Å². The van der Waals surface area contributed by atoms with E-state index in [1.54, 1.807) is 0 Å². The number of hydrogen-bond acceptors (Lipinski definition) is 5. The van der Waals surface area contributed by atoms with Crippen molar-refractivity contribution in [2.24, 2.45) is 5.11 Å². The summed E-state index contributed by atoms with van der Waals surface area (Å²) in [6, 6.07) is 11.8. The fraction of sp³-hybridized carbons (Fsp3) is 0.333. The second-order valence-corrected chi connectivity index (χ2v) is 4.85. The van der Waals surface area contributed by atoms with Gasteiger partial charge in [0.05, 0.1) is 0 Å². The van der Waals surface area contributed by atoms with Crippen molar-refractivity contribution < 1.29 is 0 Å². The number of anilines is 1. The zero-order valence-electron chi connectivity index (χ0n) is 12.3. The lowest BCUT2D eigenvalue weighted by Gasteiger charge is -2.24. The van der Waals surface area contributed by atoms with Gasteiger partial charge in [-0.2, -0.15) is 10.5 Å². The van der Waals surface area contributed by atoms with Crippen LogP contribution in [0.3, 0.4) is 0 Å². The van der Waals surface area contributed by atoms with E-state index in [4.69, 9.17) is 5.53 Å². The van der Waals surface area contributed by atoms with E-state index in [2.05, 4.69) is 10.0 Å². The van der Waals surface area contributed by atoms with Crippen molar-refractivity contribution in [2.45, 2.75) is 6.92 Å². The van der Waals surface area contributed by atoms with Gasteiger partial charge in [0.25, 0.3) is 0 Å². The van der Waals surface area contributed by atoms with Gasteiger partial charge in [-0.3, -0.25) is 0 Å². The molecule has 0 atom stereocenters. The predicted molar refractivity (Wildman–Crippen MR) is 82.4 cm³/mol. The van der Waals surface area contributed by atoms with E-state index in [1.165, 1.54) is 0 Å². The van der Waals surface area contributed by atoms with Crippen LogP contribution in [0.15, 0.2) is 40.8 Å². The summed E-state index contributed by atoms with van der Waals surface area (Å²) < 4.78 is 0. The largest absolute Gasteiger partial charge is 0.354 e. The predicted octanol–water partition coefficient (Wildman–Crippen LogP) is 2.69. The van der Waals surface area contributed by atoms with Crippen LogP contribution in [0.2, 0.25) is 0 Å². The molecule has 0 amide bonds. The lowest BCUT2D eigenvalue weighted by molar-refractivity contribution is 0.406. The minimum absolute atomic E-state index is 0.0685. The quantitative estimate of drug-likeness (QED) is 0.368. The van der Waals surface area contributed by atoms with Crippen molar-refractivity contribution in [1.29, 1.82) is 10.5 Å². The highest BCUT2D eigenvalue weighted by Gasteiger charge is 2.29. The number of hydrogen-bond donors (Lipinski definition) is 0. The van der Waals surface area contributed by atoms with Gasteiger partial charge in [0.2, 0.25) is 0 Å². The summed E-state index contributed by atoms with van der Waals surface area (Å²) in [6.07, 6.45) is 0. The zero-order valence-corrected chi connectivity index (χ0v) is 12.3. The Morgan fingerprint density at radius 3 is 2.55 bits per heavy atom. The van der Waals surface area contributed by atoms with Crippen LogP contribution in [0.1, 0.15) is 5.56 Å². The summed E-state index contributed by atoms with van der Waals surface area (Å²) in [6.45, 7) is 4.14. The van der Waals surface area contributed by atoms with Gasteiger partial charge in [0.1, 0.15) is 18.0 Å². The number of nitrogens with zero attached hydrogens (tertiary/aromatic N) is 7. The molecule has 22 heavy (non-hydrogen) atoms. The normalized spacial score (nSPS) is 13.3. The molecule has 7 heteroatoms. The number of rotatable bonds is 4. The van der Waals surface area contributed by atoms with Gasteiger partial charge in [0.15, 0.2) is 5.57 Å². The van der Waals surface area contributed by atoms with Crippen LogP contribution in [-0.2, 0) is 0 Å². The van der Waals surface area contributed by atoms with E-state index in [0.29, 0.717) is 32.0 Å². The molecule has 110 valence electrons. The second kappa shape index (κ2) is 7.03. The van der Waals surface area contributed by atoms with Crippen molar-refractivity contribution in [3.63, 3.8) is 0 Å². The molecule has 0 aliphatic carbocycles. The Balaban J connectivity index is 2.36. The molecule has 0 spiro atoms. The molecule has 2 rings (SSSR count). The maximum absolute atomic E-state index is 9.22. The first-order chi connectivity index (χ1) is 10.7. The number of nitriles is 2. The molecular weight excluding hydrogens is 278 g/mol. The molecule has 1 saturated heterocycles. The Morgan fingerprint density at radius 1 is 1.27 bits per heavy atom. The number of azide groups is 1. The monoisotopic (exact) mass is 293 g/mol. The molecule has 0 saturated carbocycles. The average Bonchev–Trinajstić information content (AvgIpc) is 2.94. The van der Waals surface area contributed by atoms with Crippen LogP contribution in [0, 0.1) is 29.6 Å². The molecule has 1 aromatic carbocycles. The SMILES string of the molecule is Cc1ccc(N2CCN(CCN=[N+]=[N-])C2=C(C#N)C#N)cc1. The van der Waals surface area contributed by atoms with Crippen molar-refractivity contribution in [3.8, 4) is 12.1 Å². The number of allylic oxidation sites excluding steroid dienone is 1. The van der Waals surface area contributed by atoms with Crippen LogP contribution in [0.4, 0.5) is 5.69 Å². The topological polar surface area (TPSA) is 103 Å². The molecule has 1 aromatic rings. The first kappa shape index (κ1) is 15.2. The zero-order chi connectivity index (χ0) is 15.9. The summed E-state index contributed by atoms with van der Waals surface area (Å²) >= 11 is 0. The van der Waals surface area contributed by atoms with E-state index >= 15 is 0 Å². The lowest BCUT2D eigenvalue weighted by Crippen LogP contribution is -2.26. The Labute approximate surface area is 128 Å². The Bertz CT molecular complexity index is 683. The van der Waals surface area contributed by atoms with Crippen LogP contribution < -0.4 is 4.90 Å². The molecule has 1 heterocycles. The maximum atomic E-state index is 9.22. The standard InChI is InChI=1S/C15H15N7/c1-12-2-4-14(5-3-12)22-9-8-21(7-6-19-20-18)15(22)13(10-16)11-17/h2-5H,6-9H2,1H3. The molecule has 0 aromatic heterocycles. The van der Waals surface area contributed by atoms with Gasteiger partial charge >= 0.3 is 0 Å². The highest BCUT2D eigenvalue weighted by molar-refractivity contribution is 5.58. The van der Waals surface area contributed by atoms with Crippen molar-refractivity contribution in [2.75, 3.05) is 31.1 Å². The fourth-order valence-corrected chi connectivity index (χ4v) is 2.43. The highest BCUT2D eigenvalue weighted by Crippen LogP contribution is 2.28. The third-order valence-electron chi connectivity index (χ3n) is 3.47. The molecular formula is C15H15N7. The molecule has 0 N–H and O–H groups in total. The minimum Gasteiger partial charge on any atom is -0.354 e. The third kappa shape index (κ3) is 3.12. The van der Waals surface area contributed by atoms with Gasteiger partial charge in [0, 0.05) is 36.8 Å². The molecule has 1 fully saturated rings. The summed E-state index contributed by atoms with van der Waals surface area (Å²) in [5, 5.41) is 22.0. The lowest BCUT2D eigenvalue weighted by atomic mass is 10.2. The molecule has 0 unspecified atom stereocenters. The highest BCUT2D eigenvalue weighted by atomic mass is 15.4. The smallest absolute Gasteiger partial charge is 0.170 e. The summed E-state index contributed by atoms with van der Waals surface area (Å²) in [5.74, 6) is 0.585. The molecule has 7 nitrogen and oxygen atoms in total. The maximum Gasteiger partial charge on any atom is 0.170 e. The Hall–Kier alpha value is -3.15. The van der Waals surface area contributed by atoms with Crippen LogP contribution in [-0.4, -0.2) is 31.1 Å². The van der Waals surface area contributed by atoms with Crippen molar-refractivity contribution in [1.82, 2.24) is 4.90 Å². The minimum atomic E-state index is 0.0685. The van der Waals surface area contributed by atoms with E-state index in [9.17, 15) is 10.5 Å². The third-order valence-corrected chi connectivity index (χ3v) is 3.47. The fourth-order valence-electron chi connectivity index (χ4n) is 2.43. The second-order valence-electron chi connectivity index (χ2n) is 4.85. The van der Waals surface area contributed by atoms with Crippen LogP contribution >= 0.6 is 0 Å². The van der Waals surface area contributed by atoms with Gasteiger partial charge in [-0.15, -0.1) is 0 Å². The van der Waals surface area contributed by atoms with Gasteiger partial charge in [-0.1, -0.05) is 22.8 Å². The molecule has 1 aliphatic rings. The van der Waals surface area contributed by atoms with Gasteiger partial charge in [-0.05, 0) is 24.6 Å². The summed E-state index contributed by atoms with van der Waals surface area (Å²) in [4.78, 5) is 6.60. The van der Waals surface area contributed by atoms with Gasteiger partial charge < -0.3 is 9.80 Å². The van der Waals surface area contributed by atoms with E-state index in [0.717, 1.165) is 11.3 Å². The van der Waals surface area contributed by atoms with E-state index in [1.807, 2.05) is 53.1 Å². The summed E-state index contributed by atoms with van der Waals surface area (Å²) in [7, 11) is 0. The summed E-state index contributed by atoms with van der Waals surface area (Å²) in [5.41, 5.74) is 10.5. The van der Waals surface area contributed by atoms with Crippen molar-refractivity contribution >= 4 is 5.69 Å². The average molecular weight is 293 g/mol. The van der Waals surface area contributed by atoms with Crippen molar-refractivity contribution in [3.05, 3.63) is 51.7 Å².